The Hall–Kier alpha value is -1.30. The summed E-state index contributed by atoms with van der Waals surface area (Å²) < 4.78 is 5.60. The van der Waals surface area contributed by atoms with E-state index in [0.29, 0.717) is 25.8 Å². The lowest BCUT2D eigenvalue weighted by molar-refractivity contribution is -0.137. The van der Waals surface area contributed by atoms with Crippen LogP contribution in [0, 0.1) is 0 Å². The van der Waals surface area contributed by atoms with Gasteiger partial charge in [0, 0.05) is 13.1 Å². The quantitative estimate of drug-likeness (QED) is 0.669. The second-order valence-corrected chi connectivity index (χ2v) is 4.42. The van der Waals surface area contributed by atoms with Crippen molar-refractivity contribution in [3.63, 3.8) is 0 Å². The minimum absolute atomic E-state index is 0.272. The van der Waals surface area contributed by atoms with Gasteiger partial charge in [0.1, 0.15) is 6.54 Å². The van der Waals surface area contributed by atoms with E-state index in [1.807, 2.05) is 0 Å². The van der Waals surface area contributed by atoms with Crippen LogP contribution in [0.25, 0.3) is 0 Å². The van der Waals surface area contributed by atoms with E-state index in [-0.39, 0.29) is 12.6 Å². The Balaban J connectivity index is 2.12. The molecule has 0 aromatic carbocycles. The fourth-order valence-corrected chi connectivity index (χ4v) is 2.04. The Morgan fingerprint density at radius 3 is 2.61 bits per heavy atom. The molecule has 0 unspecified atom stereocenters. The highest BCUT2D eigenvalue weighted by molar-refractivity contribution is 5.79. The average molecular weight is 258 g/mol. The van der Waals surface area contributed by atoms with Gasteiger partial charge in [-0.15, -0.1) is 0 Å². The summed E-state index contributed by atoms with van der Waals surface area (Å²) in [6.45, 7) is 2.76. The van der Waals surface area contributed by atoms with Crippen molar-refractivity contribution in [1.29, 1.82) is 0 Å². The fraction of sp³-hybridized carbons (Fsp3) is 0.833. The van der Waals surface area contributed by atoms with Gasteiger partial charge in [0.2, 0.25) is 0 Å². The van der Waals surface area contributed by atoms with E-state index in [0.717, 1.165) is 12.8 Å². The summed E-state index contributed by atoms with van der Waals surface area (Å²) in [6, 6.07) is -0.352. The first kappa shape index (κ1) is 14.8. The van der Waals surface area contributed by atoms with Crippen LogP contribution in [0.15, 0.2) is 0 Å². The molecule has 1 aliphatic rings. The number of urea groups is 1. The highest BCUT2D eigenvalue weighted by Gasteiger charge is 2.16. The van der Waals surface area contributed by atoms with Crippen LogP contribution in [0.3, 0.4) is 0 Å². The van der Waals surface area contributed by atoms with Crippen LogP contribution in [0.4, 0.5) is 4.79 Å². The number of amides is 2. The zero-order valence-electron chi connectivity index (χ0n) is 10.9. The number of ether oxygens (including phenoxy) is 1. The first-order valence-corrected chi connectivity index (χ1v) is 6.49. The molecule has 2 amide bonds. The number of carbonyl (C=O) groups is 2. The molecule has 1 fully saturated rings. The molecule has 0 aliphatic heterocycles. The molecule has 0 atom stereocenters. The van der Waals surface area contributed by atoms with Gasteiger partial charge < -0.3 is 20.1 Å². The number of aliphatic carboxylic acids is 1. The molecule has 0 aromatic heterocycles. The van der Waals surface area contributed by atoms with Crippen LogP contribution in [0.5, 0.6) is 0 Å². The smallest absolute Gasteiger partial charge is 0.323 e. The number of likely N-dealkylation sites (N-methyl/N-ethyl adjacent to an activating group) is 1. The molecule has 1 saturated carbocycles. The largest absolute Gasteiger partial charge is 0.480 e. The molecule has 104 valence electrons. The van der Waals surface area contributed by atoms with Gasteiger partial charge in [-0.25, -0.2) is 4.79 Å². The topological polar surface area (TPSA) is 78.9 Å². The summed E-state index contributed by atoms with van der Waals surface area (Å²) in [5.74, 6) is -1.01. The Morgan fingerprint density at radius 2 is 2.06 bits per heavy atom. The first-order chi connectivity index (χ1) is 8.63. The standard InChI is InChI=1S/C12H22N2O4/c1-2-14(9-11(15)16)12(17)13-7-8-18-10-5-3-4-6-10/h10H,2-9H2,1H3,(H,13,17)(H,15,16). The number of hydrogen-bond donors (Lipinski definition) is 2. The number of carboxylic acid groups (broad SMARTS) is 1. The number of carbonyl (C=O) groups excluding carboxylic acids is 1. The monoisotopic (exact) mass is 258 g/mol. The van der Waals surface area contributed by atoms with E-state index in [9.17, 15) is 9.59 Å². The predicted molar refractivity (Wildman–Crippen MR) is 66.5 cm³/mol. The second-order valence-electron chi connectivity index (χ2n) is 4.42. The molecule has 1 aliphatic carbocycles. The molecular weight excluding hydrogens is 236 g/mol. The highest BCUT2D eigenvalue weighted by Crippen LogP contribution is 2.20. The molecule has 6 heteroatoms. The van der Waals surface area contributed by atoms with Gasteiger partial charge in [-0.1, -0.05) is 12.8 Å². The van der Waals surface area contributed by atoms with Crippen molar-refractivity contribution in [2.75, 3.05) is 26.2 Å². The third kappa shape index (κ3) is 5.35. The molecule has 2 N–H and O–H groups in total. The maximum Gasteiger partial charge on any atom is 0.323 e. The van der Waals surface area contributed by atoms with Crippen LogP contribution in [0.2, 0.25) is 0 Å². The maximum absolute atomic E-state index is 11.6. The lowest BCUT2D eigenvalue weighted by Gasteiger charge is -2.19. The summed E-state index contributed by atoms with van der Waals surface area (Å²) in [5, 5.41) is 11.3. The molecule has 0 saturated heterocycles. The van der Waals surface area contributed by atoms with E-state index in [2.05, 4.69) is 5.32 Å². The SMILES string of the molecule is CCN(CC(=O)O)C(=O)NCCOC1CCCC1. The molecule has 0 aromatic rings. The molecule has 18 heavy (non-hydrogen) atoms. The van der Waals surface area contributed by atoms with Gasteiger partial charge in [-0.2, -0.15) is 0 Å². The van der Waals surface area contributed by atoms with Crippen LogP contribution in [-0.4, -0.2) is 54.4 Å². The van der Waals surface area contributed by atoms with Crippen LogP contribution in [-0.2, 0) is 9.53 Å². The Bertz CT molecular complexity index is 277. The van der Waals surface area contributed by atoms with Crippen molar-refractivity contribution < 1.29 is 19.4 Å². The summed E-state index contributed by atoms with van der Waals surface area (Å²) in [4.78, 5) is 23.4. The number of hydrogen-bond acceptors (Lipinski definition) is 3. The zero-order valence-corrected chi connectivity index (χ0v) is 10.9. The molecule has 0 heterocycles. The summed E-state index contributed by atoms with van der Waals surface area (Å²) in [5.41, 5.74) is 0. The van der Waals surface area contributed by atoms with Crippen LogP contribution in [0.1, 0.15) is 32.6 Å². The van der Waals surface area contributed by atoms with E-state index in [1.54, 1.807) is 6.92 Å². The minimum Gasteiger partial charge on any atom is -0.480 e. The molecule has 1 rings (SSSR count). The molecule has 0 radical (unpaired) electrons. The van der Waals surface area contributed by atoms with E-state index in [4.69, 9.17) is 9.84 Å². The third-order valence-corrected chi connectivity index (χ3v) is 3.03. The number of nitrogens with one attached hydrogen (secondary N) is 1. The summed E-state index contributed by atoms with van der Waals surface area (Å²) in [6.07, 6.45) is 4.99. The number of rotatable bonds is 7. The van der Waals surface area contributed by atoms with Crippen molar-refractivity contribution in [3.8, 4) is 0 Å². The molecule has 0 spiro atoms. The van der Waals surface area contributed by atoms with Crippen molar-refractivity contribution in [3.05, 3.63) is 0 Å². The number of nitrogens with zero attached hydrogens (tertiary/aromatic N) is 1. The van der Waals surface area contributed by atoms with Crippen LogP contribution < -0.4 is 5.32 Å². The summed E-state index contributed by atoms with van der Waals surface area (Å²) >= 11 is 0. The highest BCUT2D eigenvalue weighted by atomic mass is 16.5. The number of carboxylic acids is 1. The van der Waals surface area contributed by atoms with Gasteiger partial charge in [0.05, 0.1) is 12.7 Å². The van der Waals surface area contributed by atoms with Gasteiger partial charge in [-0.05, 0) is 19.8 Å². The summed E-state index contributed by atoms with van der Waals surface area (Å²) in [7, 11) is 0. The molecule has 0 bridgehead atoms. The Morgan fingerprint density at radius 1 is 1.39 bits per heavy atom. The van der Waals surface area contributed by atoms with Gasteiger partial charge in [-0.3, -0.25) is 4.79 Å². The van der Waals surface area contributed by atoms with Crippen LogP contribution >= 0.6 is 0 Å². The van der Waals surface area contributed by atoms with Crippen molar-refractivity contribution in [2.24, 2.45) is 0 Å². The van der Waals surface area contributed by atoms with Gasteiger partial charge >= 0.3 is 12.0 Å². The fourth-order valence-electron chi connectivity index (χ4n) is 2.04. The third-order valence-electron chi connectivity index (χ3n) is 3.03. The van der Waals surface area contributed by atoms with E-state index < -0.39 is 5.97 Å². The predicted octanol–water partition coefficient (Wildman–Crippen LogP) is 1.06. The van der Waals surface area contributed by atoms with Gasteiger partial charge in [0.15, 0.2) is 0 Å². The zero-order chi connectivity index (χ0) is 13.4. The Kier molecular flexibility index (Phi) is 6.49. The molecule has 6 nitrogen and oxygen atoms in total. The average Bonchev–Trinajstić information content (AvgIpc) is 2.84. The lowest BCUT2D eigenvalue weighted by Crippen LogP contribution is -2.43. The minimum atomic E-state index is -1.01. The lowest BCUT2D eigenvalue weighted by atomic mass is 10.3. The first-order valence-electron chi connectivity index (χ1n) is 6.49. The van der Waals surface area contributed by atoms with E-state index >= 15 is 0 Å². The molecular formula is C12H22N2O4. The second kappa shape index (κ2) is 7.92. The maximum atomic E-state index is 11.6. The van der Waals surface area contributed by atoms with Crippen molar-refractivity contribution >= 4 is 12.0 Å². The van der Waals surface area contributed by atoms with Crippen molar-refractivity contribution in [2.45, 2.75) is 38.7 Å². The Labute approximate surface area is 107 Å². The normalized spacial score (nSPS) is 15.6. The van der Waals surface area contributed by atoms with Gasteiger partial charge in [0.25, 0.3) is 0 Å². The van der Waals surface area contributed by atoms with Crippen molar-refractivity contribution in [1.82, 2.24) is 10.2 Å². The van der Waals surface area contributed by atoms with E-state index in [1.165, 1.54) is 17.7 Å².